The van der Waals surface area contributed by atoms with Crippen molar-refractivity contribution in [3.63, 3.8) is 0 Å². The van der Waals surface area contributed by atoms with Crippen LogP contribution < -0.4 is 11.5 Å². The van der Waals surface area contributed by atoms with E-state index < -0.39 is 42.5 Å². The van der Waals surface area contributed by atoms with Crippen LogP contribution in [0.2, 0.25) is 0 Å². The number of primary amides is 1. The molecule has 1 saturated heterocycles. The molecular formula is C11H18N5O6+. The van der Waals surface area contributed by atoms with Gasteiger partial charge in [0.25, 0.3) is 5.91 Å². The van der Waals surface area contributed by atoms with Gasteiger partial charge in [0.05, 0.1) is 0 Å². The highest BCUT2D eigenvalue weighted by atomic mass is 16.6. The second-order valence-electron chi connectivity index (χ2n) is 4.99. The van der Waals surface area contributed by atoms with Crippen LogP contribution in [0.15, 0.2) is 6.33 Å². The predicted molar refractivity (Wildman–Crippen MR) is 67.8 cm³/mol. The molecule has 1 aromatic rings. The standard InChI is InChI=1S/C11H17N5O6/c1-4(12)11(20)21-2-5-6(17)7(18)10(22-5)16-3-14-9(15-16)8(13)19/h3-7,10,17-18H,2,12H2,1H3,(H2,13,19)/p+1/t4-,5?,6+,7+,10?/m0/s1. The van der Waals surface area contributed by atoms with Gasteiger partial charge in [-0.3, -0.25) is 4.79 Å². The number of carbonyl (C=O) groups excluding carboxylic acids is 2. The van der Waals surface area contributed by atoms with Gasteiger partial charge in [0.15, 0.2) is 12.3 Å². The molecule has 11 heteroatoms. The van der Waals surface area contributed by atoms with Crippen LogP contribution >= 0.6 is 0 Å². The summed E-state index contributed by atoms with van der Waals surface area (Å²) in [7, 11) is 0. The zero-order valence-electron chi connectivity index (χ0n) is 11.8. The lowest BCUT2D eigenvalue weighted by molar-refractivity contribution is -0.403. The summed E-state index contributed by atoms with van der Waals surface area (Å²) in [5, 5.41) is 23.6. The third-order valence-electron chi connectivity index (χ3n) is 3.12. The minimum Gasteiger partial charge on any atom is -0.458 e. The Morgan fingerprint density at radius 1 is 1.55 bits per heavy atom. The minimum absolute atomic E-state index is 0.244. The third-order valence-corrected chi connectivity index (χ3v) is 3.12. The van der Waals surface area contributed by atoms with Crippen molar-refractivity contribution < 1.29 is 35.0 Å². The molecule has 2 heterocycles. The molecule has 0 spiro atoms. The van der Waals surface area contributed by atoms with Crippen molar-refractivity contribution in [2.24, 2.45) is 5.73 Å². The van der Waals surface area contributed by atoms with Gasteiger partial charge in [-0.2, -0.15) is 0 Å². The monoisotopic (exact) mass is 316 g/mol. The Balaban J connectivity index is 2.03. The molecule has 2 unspecified atom stereocenters. The number of aliphatic hydroxyl groups is 2. The molecule has 1 aromatic heterocycles. The first kappa shape index (κ1) is 16.3. The second kappa shape index (κ2) is 6.36. The number of hydrogen-bond donors (Lipinski definition) is 4. The van der Waals surface area contributed by atoms with Crippen LogP contribution in [0.25, 0.3) is 0 Å². The molecule has 2 rings (SSSR count). The molecule has 1 aliphatic heterocycles. The summed E-state index contributed by atoms with van der Waals surface area (Å²) in [5.74, 6) is -1.63. The third kappa shape index (κ3) is 3.22. The van der Waals surface area contributed by atoms with E-state index in [9.17, 15) is 19.8 Å². The maximum atomic E-state index is 11.4. The Hall–Kier alpha value is -2.08. The number of nitrogens with two attached hydrogens (primary N) is 1. The van der Waals surface area contributed by atoms with Crippen molar-refractivity contribution in [1.29, 1.82) is 0 Å². The van der Waals surface area contributed by atoms with Crippen LogP contribution in [0.3, 0.4) is 0 Å². The average Bonchev–Trinajstić information content (AvgIpc) is 3.04. The first-order chi connectivity index (χ1) is 10.3. The molecule has 11 nitrogen and oxygen atoms in total. The second-order valence-corrected chi connectivity index (χ2v) is 4.99. The first-order valence-corrected chi connectivity index (χ1v) is 6.53. The van der Waals surface area contributed by atoms with Crippen LogP contribution in [0.5, 0.6) is 0 Å². The van der Waals surface area contributed by atoms with E-state index in [1.54, 1.807) is 6.92 Å². The number of rotatable bonds is 5. The number of amides is 1. The van der Waals surface area contributed by atoms with Crippen LogP contribution in [0.1, 0.15) is 23.8 Å². The number of esters is 1. The fraction of sp³-hybridized carbons (Fsp3) is 0.636. The summed E-state index contributed by atoms with van der Waals surface area (Å²) in [5.41, 5.74) is 8.54. The summed E-state index contributed by atoms with van der Waals surface area (Å²) < 4.78 is 11.4. The quantitative estimate of drug-likeness (QED) is 0.399. The van der Waals surface area contributed by atoms with E-state index in [0.29, 0.717) is 0 Å². The highest BCUT2D eigenvalue weighted by molar-refractivity contribution is 5.88. The van der Waals surface area contributed by atoms with Gasteiger partial charge < -0.3 is 31.2 Å². The molecular weight excluding hydrogens is 298 g/mol. The highest BCUT2D eigenvalue weighted by Gasteiger charge is 2.45. The lowest BCUT2D eigenvalue weighted by atomic mass is 10.1. The van der Waals surface area contributed by atoms with Gasteiger partial charge >= 0.3 is 5.97 Å². The summed E-state index contributed by atoms with van der Waals surface area (Å²) in [6.07, 6.45) is -3.49. The van der Waals surface area contributed by atoms with E-state index >= 15 is 0 Å². The molecule has 0 aliphatic carbocycles. The Labute approximate surface area is 124 Å². The molecule has 22 heavy (non-hydrogen) atoms. The van der Waals surface area contributed by atoms with Gasteiger partial charge in [-0.05, 0) is 6.92 Å². The number of aliphatic hydroxyl groups excluding tert-OH is 2. The van der Waals surface area contributed by atoms with Crippen molar-refractivity contribution in [1.82, 2.24) is 14.8 Å². The molecule has 1 fully saturated rings. The fourth-order valence-corrected chi connectivity index (χ4v) is 1.90. The van der Waals surface area contributed by atoms with E-state index in [1.165, 1.54) is 0 Å². The number of aromatic nitrogens is 3. The van der Waals surface area contributed by atoms with Crippen LogP contribution in [0.4, 0.5) is 0 Å². The molecule has 7 N–H and O–H groups in total. The zero-order chi connectivity index (χ0) is 16.4. The Morgan fingerprint density at radius 3 is 2.77 bits per heavy atom. The van der Waals surface area contributed by atoms with Gasteiger partial charge in [-0.1, -0.05) is 0 Å². The van der Waals surface area contributed by atoms with Crippen molar-refractivity contribution in [3.8, 4) is 0 Å². The van der Waals surface area contributed by atoms with Crippen LogP contribution in [-0.2, 0) is 14.3 Å². The SMILES string of the molecule is C[C@H]([NH3+])C(=O)OCC1OC(n2cnc(C(N)=O)n2)[C@H](O)[C@@H]1O. The zero-order valence-corrected chi connectivity index (χ0v) is 11.8. The molecule has 0 saturated carbocycles. The van der Waals surface area contributed by atoms with Gasteiger partial charge in [-0.25, -0.2) is 14.5 Å². The summed E-state index contributed by atoms with van der Waals surface area (Å²) >= 11 is 0. The molecule has 1 amide bonds. The van der Waals surface area contributed by atoms with E-state index in [4.69, 9.17) is 15.2 Å². The molecule has 0 bridgehead atoms. The van der Waals surface area contributed by atoms with Crippen LogP contribution in [0, 0.1) is 0 Å². The minimum atomic E-state index is -1.33. The topological polar surface area (TPSA) is 177 Å². The van der Waals surface area contributed by atoms with E-state index in [-0.39, 0.29) is 12.4 Å². The highest BCUT2D eigenvalue weighted by Crippen LogP contribution is 2.28. The molecule has 122 valence electrons. The smallest absolute Gasteiger partial charge is 0.364 e. The molecule has 0 radical (unpaired) electrons. The van der Waals surface area contributed by atoms with Crippen LogP contribution in [-0.4, -0.2) is 67.8 Å². The Kier molecular flexibility index (Phi) is 4.71. The first-order valence-electron chi connectivity index (χ1n) is 6.53. The largest absolute Gasteiger partial charge is 0.458 e. The lowest BCUT2D eigenvalue weighted by Crippen LogP contribution is -2.63. The maximum absolute atomic E-state index is 11.4. The summed E-state index contributed by atoms with van der Waals surface area (Å²) in [6, 6.07) is -0.562. The average molecular weight is 316 g/mol. The molecule has 0 aromatic carbocycles. The van der Waals surface area contributed by atoms with E-state index in [1.807, 2.05) is 0 Å². The summed E-state index contributed by atoms with van der Waals surface area (Å²) in [6.45, 7) is 1.32. The Bertz CT molecular complexity index is 561. The number of quaternary nitrogens is 1. The van der Waals surface area contributed by atoms with Gasteiger partial charge in [-0.15, -0.1) is 5.10 Å². The van der Waals surface area contributed by atoms with Gasteiger partial charge in [0.2, 0.25) is 5.82 Å². The normalized spacial score (nSPS) is 29.3. The van der Waals surface area contributed by atoms with Gasteiger partial charge in [0.1, 0.15) is 31.2 Å². The predicted octanol–water partition coefficient (Wildman–Crippen LogP) is -3.83. The van der Waals surface area contributed by atoms with Gasteiger partial charge in [0, 0.05) is 0 Å². The Morgan fingerprint density at radius 2 is 2.23 bits per heavy atom. The van der Waals surface area contributed by atoms with E-state index in [2.05, 4.69) is 15.8 Å². The molecule has 5 atom stereocenters. The molecule has 1 aliphatic rings. The van der Waals surface area contributed by atoms with Crippen molar-refractivity contribution >= 4 is 11.9 Å². The van der Waals surface area contributed by atoms with Crippen molar-refractivity contribution in [3.05, 3.63) is 12.2 Å². The van der Waals surface area contributed by atoms with Crippen molar-refractivity contribution in [2.75, 3.05) is 6.61 Å². The fourth-order valence-electron chi connectivity index (χ4n) is 1.90. The van der Waals surface area contributed by atoms with E-state index in [0.717, 1.165) is 11.0 Å². The lowest BCUT2D eigenvalue weighted by Gasteiger charge is -2.14. The maximum Gasteiger partial charge on any atom is 0.364 e. The van der Waals surface area contributed by atoms with Crippen molar-refractivity contribution in [2.45, 2.75) is 37.5 Å². The summed E-state index contributed by atoms with van der Waals surface area (Å²) in [4.78, 5) is 26.0. The number of hydrogen-bond acceptors (Lipinski definition) is 8. The number of ether oxygens (including phenoxy) is 2. The number of nitrogens with zero attached hydrogens (tertiary/aromatic N) is 3. The number of carbonyl (C=O) groups is 2.